The molecule has 0 bridgehead atoms. The Morgan fingerprint density at radius 2 is 1.53 bits per heavy atom. The first kappa shape index (κ1) is 11.8. The van der Waals surface area contributed by atoms with E-state index in [2.05, 4.69) is 0 Å². The van der Waals surface area contributed by atoms with Gasteiger partial charge in [0, 0.05) is 11.6 Å². The summed E-state index contributed by atoms with van der Waals surface area (Å²) in [6.07, 6.45) is 6.67. The normalized spacial score (nSPS) is 19.6. The molecule has 0 saturated heterocycles. The van der Waals surface area contributed by atoms with Crippen molar-refractivity contribution in [3.05, 3.63) is 11.6 Å². The van der Waals surface area contributed by atoms with Gasteiger partial charge in [-0.1, -0.05) is 25.7 Å². The Kier molecular flexibility index (Phi) is 4.34. The van der Waals surface area contributed by atoms with Crippen molar-refractivity contribution >= 4 is 11.9 Å². The molecule has 1 rings (SSSR count). The van der Waals surface area contributed by atoms with Crippen molar-refractivity contribution in [1.29, 1.82) is 0 Å². The van der Waals surface area contributed by atoms with Gasteiger partial charge < -0.3 is 10.2 Å². The Morgan fingerprint density at radius 3 is 1.93 bits per heavy atom. The van der Waals surface area contributed by atoms with Gasteiger partial charge in [-0.05, 0) is 18.8 Å². The van der Waals surface area contributed by atoms with Gasteiger partial charge in [0.1, 0.15) is 0 Å². The maximum absolute atomic E-state index is 10.9. The maximum Gasteiger partial charge on any atom is 0.332 e. The molecule has 4 heteroatoms. The molecule has 0 aliphatic heterocycles. The van der Waals surface area contributed by atoms with Crippen LogP contribution in [0.4, 0.5) is 0 Å². The minimum atomic E-state index is -1.17. The maximum atomic E-state index is 10.9. The van der Waals surface area contributed by atoms with Gasteiger partial charge in [0.2, 0.25) is 0 Å². The number of carboxylic acids is 2. The van der Waals surface area contributed by atoms with Gasteiger partial charge >= 0.3 is 11.9 Å². The summed E-state index contributed by atoms with van der Waals surface area (Å²) in [5.74, 6) is -2.35. The summed E-state index contributed by atoms with van der Waals surface area (Å²) in [5.41, 5.74) is 0.0596. The van der Waals surface area contributed by atoms with Crippen LogP contribution in [0.15, 0.2) is 11.6 Å². The van der Waals surface area contributed by atoms with Crippen LogP contribution in [-0.4, -0.2) is 22.2 Å². The fourth-order valence-electron chi connectivity index (χ4n) is 2.08. The molecule has 0 aromatic rings. The zero-order valence-electron chi connectivity index (χ0n) is 8.61. The largest absolute Gasteiger partial charge is 0.478 e. The van der Waals surface area contributed by atoms with Crippen LogP contribution in [0.2, 0.25) is 0 Å². The average Bonchev–Trinajstić information content (AvgIpc) is 2.41. The van der Waals surface area contributed by atoms with Crippen LogP contribution in [0.5, 0.6) is 0 Å². The van der Waals surface area contributed by atoms with Crippen molar-refractivity contribution in [3.63, 3.8) is 0 Å². The summed E-state index contributed by atoms with van der Waals surface area (Å²) in [7, 11) is 0. The highest BCUT2D eigenvalue weighted by Crippen LogP contribution is 2.28. The third-order valence-electron chi connectivity index (χ3n) is 2.82. The summed E-state index contributed by atoms with van der Waals surface area (Å²) >= 11 is 0. The van der Waals surface area contributed by atoms with Crippen LogP contribution in [0, 0.1) is 5.92 Å². The van der Waals surface area contributed by atoms with Gasteiger partial charge in [-0.2, -0.15) is 0 Å². The molecule has 0 radical (unpaired) electrons. The van der Waals surface area contributed by atoms with E-state index >= 15 is 0 Å². The van der Waals surface area contributed by atoms with E-state index in [0.717, 1.165) is 44.6 Å². The number of carboxylic acid groups (broad SMARTS) is 2. The SMILES string of the molecule is O=C(O)C=C(C(=O)O)C1CCCCCC1. The summed E-state index contributed by atoms with van der Waals surface area (Å²) in [5, 5.41) is 17.5. The van der Waals surface area contributed by atoms with E-state index in [-0.39, 0.29) is 11.5 Å². The quantitative estimate of drug-likeness (QED) is 0.554. The van der Waals surface area contributed by atoms with Crippen molar-refractivity contribution in [2.24, 2.45) is 5.92 Å². The van der Waals surface area contributed by atoms with Crippen molar-refractivity contribution in [1.82, 2.24) is 0 Å². The van der Waals surface area contributed by atoms with Crippen molar-refractivity contribution in [3.8, 4) is 0 Å². The molecule has 84 valence electrons. The zero-order chi connectivity index (χ0) is 11.3. The fourth-order valence-corrected chi connectivity index (χ4v) is 2.08. The molecule has 0 amide bonds. The van der Waals surface area contributed by atoms with Crippen molar-refractivity contribution in [2.45, 2.75) is 38.5 Å². The number of rotatable bonds is 3. The summed E-state index contributed by atoms with van der Waals surface area (Å²) in [6.45, 7) is 0. The van der Waals surface area contributed by atoms with Crippen LogP contribution in [0.1, 0.15) is 38.5 Å². The van der Waals surface area contributed by atoms with Crippen LogP contribution >= 0.6 is 0 Å². The highest BCUT2D eigenvalue weighted by atomic mass is 16.4. The molecule has 0 spiro atoms. The second kappa shape index (κ2) is 5.53. The van der Waals surface area contributed by atoms with Crippen LogP contribution in [-0.2, 0) is 9.59 Å². The number of carbonyl (C=O) groups is 2. The minimum absolute atomic E-state index is 0.0596. The van der Waals surface area contributed by atoms with Crippen molar-refractivity contribution < 1.29 is 19.8 Å². The van der Waals surface area contributed by atoms with Gasteiger partial charge in [-0.3, -0.25) is 0 Å². The molecule has 0 aromatic heterocycles. The van der Waals surface area contributed by atoms with E-state index in [4.69, 9.17) is 10.2 Å². The monoisotopic (exact) mass is 212 g/mol. The Hall–Kier alpha value is -1.32. The van der Waals surface area contributed by atoms with Gasteiger partial charge in [0.25, 0.3) is 0 Å². The topological polar surface area (TPSA) is 74.6 Å². The predicted molar refractivity (Wildman–Crippen MR) is 54.5 cm³/mol. The standard InChI is InChI=1S/C11H16O4/c12-10(13)7-9(11(14)15)8-5-3-1-2-4-6-8/h7-8H,1-6H2,(H,12,13)(H,14,15). The molecular weight excluding hydrogens is 196 g/mol. The predicted octanol–water partition coefficient (Wildman–Crippen LogP) is 2.05. The Bertz CT molecular complexity index is 272. The molecule has 0 unspecified atom stereocenters. The first-order valence-corrected chi connectivity index (χ1v) is 5.29. The lowest BCUT2D eigenvalue weighted by Crippen LogP contribution is -2.14. The van der Waals surface area contributed by atoms with Crippen LogP contribution in [0.25, 0.3) is 0 Å². The molecule has 1 fully saturated rings. The summed E-state index contributed by atoms with van der Waals surface area (Å²) < 4.78 is 0. The second-order valence-electron chi connectivity index (χ2n) is 3.93. The third kappa shape index (κ3) is 3.73. The van der Waals surface area contributed by atoms with Gasteiger partial charge in [-0.15, -0.1) is 0 Å². The first-order chi connectivity index (χ1) is 7.11. The molecule has 15 heavy (non-hydrogen) atoms. The molecule has 0 atom stereocenters. The highest BCUT2D eigenvalue weighted by Gasteiger charge is 2.22. The third-order valence-corrected chi connectivity index (χ3v) is 2.82. The molecule has 1 saturated carbocycles. The number of aliphatic carboxylic acids is 2. The average molecular weight is 212 g/mol. The fraction of sp³-hybridized carbons (Fsp3) is 0.636. The van der Waals surface area contributed by atoms with E-state index in [1.807, 2.05) is 0 Å². The lowest BCUT2D eigenvalue weighted by atomic mass is 9.91. The molecule has 1 aliphatic carbocycles. The molecule has 0 heterocycles. The van der Waals surface area contributed by atoms with E-state index in [1.54, 1.807) is 0 Å². The molecule has 0 aromatic carbocycles. The van der Waals surface area contributed by atoms with Gasteiger partial charge in [-0.25, -0.2) is 9.59 Å². The Balaban J connectivity index is 2.78. The number of hydrogen-bond acceptors (Lipinski definition) is 2. The van der Waals surface area contributed by atoms with E-state index < -0.39 is 11.9 Å². The minimum Gasteiger partial charge on any atom is -0.478 e. The molecule has 2 N–H and O–H groups in total. The molecule has 4 nitrogen and oxygen atoms in total. The zero-order valence-corrected chi connectivity index (χ0v) is 8.61. The second-order valence-corrected chi connectivity index (χ2v) is 3.93. The smallest absolute Gasteiger partial charge is 0.332 e. The molecular formula is C11H16O4. The molecule has 1 aliphatic rings. The summed E-state index contributed by atoms with van der Waals surface area (Å²) in [4.78, 5) is 21.4. The highest BCUT2D eigenvalue weighted by molar-refractivity contribution is 5.95. The van der Waals surface area contributed by atoms with E-state index in [9.17, 15) is 9.59 Å². The van der Waals surface area contributed by atoms with E-state index in [0.29, 0.717) is 0 Å². The Morgan fingerprint density at radius 1 is 1.00 bits per heavy atom. The number of hydrogen-bond donors (Lipinski definition) is 2. The van der Waals surface area contributed by atoms with E-state index in [1.165, 1.54) is 0 Å². The lowest BCUT2D eigenvalue weighted by Gasteiger charge is -2.13. The van der Waals surface area contributed by atoms with Crippen LogP contribution < -0.4 is 0 Å². The lowest BCUT2D eigenvalue weighted by molar-refractivity contribution is -0.135. The van der Waals surface area contributed by atoms with Crippen molar-refractivity contribution in [2.75, 3.05) is 0 Å². The van der Waals surface area contributed by atoms with Crippen LogP contribution in [0.3, 0.4) is 0 Å². The Labute approximate surface area is 88.6 Å². The summed E-state index contributed by atoms with van der Waals surface area (Å²) in [6, 6.07) is 0. The van der Waals surface area contributed by atoms with Gasteiger partial charge in [0.15, 0.2) is 0 Å². The van der Waals surface area contributed by atoms with Gasteiger partial charge in [0.05, 0.1) is 0 Å². The first-order valence-electron chi connectivity index (χ1n) is 5.29.